The summed E-state index contributed by atoms with van der Waals surface area (Å²) in [5.74, 6) is 1.06. The van der Waals surface area contributed by atoms with Crippen LogP contribution in [-0.4, -0.2) is 24.8 Å². The van der Waals surface area contributed by atoms with Crippen molar-refractivity contribution >= 4 is 17.7 Å². The Morgan fingerprint density at radius 1 is 1.44 bits per heavy atom. The Morgan fingerprint density at radius 3 is 2.72 bits per heavy atom. The van der Waals surface area contributed by atoms with Gasteiger partial charge in [-0.15, -0.1) is 11.8 Å². The van der Waals surface area contributed by atoms with Crippen LogP contribution in [0.1, 0.15) is 6.92 Å². The molecule has 1 aromatic rings. The Kier molecular flexibility index (Phi) is 6.28. The van der Waals surface area contributed by atoms with Gasteiger partial charge >= 0.3 is 0 Å². The third-order valence-electron chi connectivity index (χ3n) is 2.01. The molecule has 98 valence electrons. The molecule has 18 heavy (non-hydrogen) atoms. The van der Waals surface area contributed by atoms with Crippen molar-refractivity contribution in [3.8, 4) is 0 Å². The van der Waals surface area contributed by atoms with Crippen molar-refractivity contribution in [1.82, 2.24) is 5.32 Å². The van der Waals surface area contributed by atoms with Gasteiger partial charge in [0.2, 0.25) is 0 Å². The maximum atomic E-state index is 12.7. The molecular formula is C13H18FN3S. The highest BCUT2D eigenvalue weighted by Gasteiger charge is 1.96. The fraction of sp³-hybridized carbons (Fsp3) is 0.308. The zero-order valence-electron chi connectivity index (χ0n) is 10.4. The van der Waals surface area contributed by atoms with E-state index in [9.17, 15) is 4.39 Å². The van der Waals surface area contributed by atoms with Crippen molar-refractivity contribution in [2.45, 2.75) is 11.8 Å². The molecule has 0 amide bonds. The van der Waals surface area contributed by atoms with Crippen molar-refractivity contribution in [2.75, 3.05) is 18.8 Å². The quantitative estimate of drug-likeness (QED) is 0.273. The number of nitrogens with two attached hydrogens (primary N) is 1. The van der Waals surface area contributed by atoms with Gasteiger partial charge in [0.25, 0.3) is 0 Å². The average Bonchev–Trinajstić information content (AvgIpc) is 2.34. The predicted octanol–water partition coefficient (Wildman–Crippen LogP) is 2.40. The molecule has 0 aromatic heterocycles. The summed E-state index contributed by atoms with van der Waals surface area (Å²) < 4.78 is 12.7. The SMILES string of the molecule is C=C(C)CN=C(N)NCCSc1ccc(F)cc1. The molecule has 0 aliphatic carbocycles. The molecule has 3 N–H and O–H groups in total. The number of nitrogens with one attached hydrogen (secondary N) is 1. The molecule has 0 atom stereocenters. The molecule has 0 saturated heterocycles. The van der Waals surface area contributed by atoms with E-state index in [2.05, 4.69) is 16.9 Å². The summed E-state index contributed by atoms with van der Waals surface area (Å²) in [5, 5.41) is 3.01. The van der Waals surface area contributed by atoms with Crippen LogP contribution in [0.15, 0.2) is 46.3 Å². The lowest BCUT2D eigenvalue weighted by Crippen LogP contribution is -2.33. The van der Waals surface area contributed by atoms with Gasteiger partial charge in [0.15, 0.2) is 5.96 Å². The maximum Gasteiger partial charge on any atom is 0.188 e. The van der Waals surface area contributed by atoms with Gasteiger partial charge in [-0.25, -0.2) is 9.38 Å². The number of nitrogens with zero attached hydrogens (tertiary/aromatic N) is 1. The van der Waals surface area contributed by atoms with Gasteiger partial charge < -0.3 is 11.1 Å². The molecule has 0 unspecified atom stereocenters. The van der Waals surface area contributed by atoms with E-state index in [0.717, 1.165) is 16.2 Å². The first kappa shape index (κ1) is 14.6. The Bertz CT molecular complexity index is 415. The van der Waals surface area contributed by atoms with Gasteiger partial charge in [0.05, 0.1) is 6.54 Å². The van der Waals surface area contributed by atoms with Crippen LogP contribution >= 0.6 is 11.8 Å². The zero-order chi connectivity index (χ0) is 13.4. The lowest BCUT2D eigenvalue weighted by molar-refractivity contribution is 0.626. The van der Waals surface area contributed by atoms with Crippen molar-refractivity contribution < 1.29 is 4.39 Å². The first-order valence-electron chi connectivity index (χ1n) is 5.64. The number of hydrogen-bond donors (Lipinski definition) is 2. The van der Waals surface area contributed by atoms with E-state index in [1.165, 1.54) is 12.1 Å². The van der Waals surface area contributed by atoms with Crippen LogP contribution < -0.4 is 11.1 Å². The number of hydrogen-bond acceptors (Lipinski definition) is 2. The summed E-state index contributed by atoms with van der Waals surface area (Å²) >= 11 is 1.64. The molecule has 1 rings (SSSR count). The summed E-state index contributed by atoms with van der Waals surface area (Å²) in [6.07, 6.45) is 0. The normalized spacial score (nSPS) is 11.3. The van der Waals surface area contributed by atoms with E-state index in [0.29, 0.717) is 19.0 Å². The summed E-state index contributed by atoms with van der Waals surface area (Å²) in [4.78, 5) is 5.14. The molecule has 3 nitrogen and oxygen atoms in total. The Balaban J connectivity index is 2.20. The van der Waals surface area contributed by atoms with Crippen LogP contribution in [0.3, 0.4) is 0 Å². The molecule has 0 heterocycles. The summed E-state index contributed by atoms with van der Waals surface area (Å²) in [7, 11) is 0. The molecule has 0 aliphatic rings. The van der Waals surface area contributed by atoms with Gasteiger partial charge in [0, 0.05) is 17.2 Å². The molecule has 0 saturated carbocycles. The van der Waals surface area contributed by atoms with Gasteiger partial charge in [-0.2, -0.15) is 0 Å². The predicted molar refractivity (Wildman–Crippen MR) is 76.4 cm³/mol. The van der Waals surface area contributed by atoms with Crippen LogP contribution in [-0.2, 0) is 0 Å². The third kappa shape index (κ3) is 6.30. The van der Waals surface area contributed by atoms with Crippen molar-refractivity contribution in [3.63, 3.8) is 0 Å². The number of thioether (sulfide) groups is 1. The monoisotopic (exact) mass is 267 g/mol. The van der Waals surface area contributed by atoms with Crippen LogP contribution in [0.4, 0.5) is 4.39 Å². The fourth-order valence-corrected chi connectivity index (χ4v) is 1.92. The maximum absolute atomic E-state index is 12.7. The number of halogens is 1. The van der Waals surface area contributed by atoms with Crippen LogP contribution in [0.2, 0.25) is 0 Å². The highest BCUT2D eigenvalue weighted by Crippen LogP contribution is 2.16. The Hall–Kier alpha value is -1.49. The highest BCUT2D eigenvalue weighted by molar-refractivity contribution is 7.99. The summed E-state index contributed by atoms with van der Waals surface area (Å²) in [6.45, 7) is 6.91. The Labute approximate surface area is 111 Å². The van der Waals surface area contributed by atoms with Gasteiger partial charge in [0.1, 0.15) is 5.82 Å². The minimum atomic E-state index is -0.214. The van der Waals surface area contributed by atoms with E-state index in [1.54, 1.807) is 23.9 Å². The minimum Gasteiger partial charge on any atom is -0.370 e. The van der Waals surface area contributed by atoms with Crippen molar-refractivity contribution in [1.29, 1.82) is 0 Å². The summed E-state index contributed by atoms with van der Waals surface area (Å²) in [5.41, 5.74) is 6.63. The van der Waals surface area contributed by atoms with Crippen LogP contribution in [0.5, 0.6) is 0 Å². The second-order valence-electron chi connectivity index (χ2n) is 3.89. The molecule has 0 spiro atoms. The molecule has 5 heteroatoms. The average molecular weight is 267 g/mol. The van der Waals surface area contributed by atoms with E-state index < -0.39 is 0 Å². The smallest absolute Gasteiger partial charge is 0.188 e. The molecule has 0 bridgehead atoms. The first-order valence-corrected chi connectivity index (χ1v) is 6.63. The second-order valence-corrected chi connectivity index (χ2v) is 5.06. The summed E-state index contributed by atoms with van der Waals surface area (Å²) in [6, 6.07) is 6.44. The number of aliphatic imine (C=N–C) groups is 1. The van der Waals surface area contributed by atoms with E-state index in [1.807, 2.05) is 6.92 Å². The largest absolute Gasteiger partial charge is 0.370 e. The number of rotatable bonds is 6. The standard InChI is InChI=1S/C13H18FN3S/c1-10(2)9-17-13(15)16-7-8-18-12-5-3-11(14)4-6-12/h3-6H,1,7-9H2,2H3,(H3,15,16,17). The molecule has 1 aromatic carbocycles. The number of benzene rings is 1. The first-order chi connectivity index (χ1) is 8.58. The van der Waals surface area contributed by atoms with Gasteiger partial charge in [-0.3, -0.25) is 0 Å². The van der Waals surface area contributed by atoms with E-state index >= 15 is 0 Å². The third-order valence-corrected chi connectivity index (χ3v) is 3.02. The topological polar surface area (TPSA) is 50.4 Å². The van der Waals surface area contributed by atoms with Gasteiger partial charge in [-0.05, 0) is 31.2 Å². The molecular weight excluding hydrogens is 249 g/mol. The van der Waals surface area contributed by atoms with Crippen molar-refractivity contribution in [3.05, 3.63) is 42.2 Å². The van der Waals surface area contributed by atoms with Gasteiger partial charge in [-0.1, -0.05) is 12.2 Å². The number of guanidine groups is 1. The van der Waals surface area contributed by atoms with E-state index in [-0.39, 0.29) is 5.82 Å². The zero-order valence-corrected chi connectivity index (χ0v) is 11.3. The second kappa shape index (κ2) is 7.76. The molecule has 0 radical (unpaired) electrons. The lowest BCUT2D eigenvalue weighted by atomic mass is 10.4. The van der Waals surface area contributed by atoms with Crippen LogP contribution in [0.25, 0.3) is 0 Å². The minimum absolute atomic E-state index is 0.214. The lowest BCUT2D eigenvalue weighted by Gasteiger charge is -2.05. The van der Waals surface area contributed by atoms with Crippen LogP contribution in [0, 0.1) is 5.82 Å². The Morgan fingerprint density at radius 2 is 2.11 bits per heavy atom. The highest BCUT2D eigenvalue weighted by atomic mass is 32.2. The van der Waals surface area contributed by atoms with E-state index in [4.69, 9.17) is 5.73 Å². The fourth-order valence-electron chi connectivity index (χ4n) is 1.15. The molecule has 0 fully saturated rings. The molecule has 0 aliphatic heterocycles. The van der Waals surface area contributed by atoms with Crippen molar-refractivity contribution in [2.24, 2.45) is 10.7 Å².